The van der Waals surface area contributed by atoms with Crippen LogP contribution in [0.25, 0.3) is 0 Å². The number of rotatable bonds is 3. The molecule has 0 spiro atoms. The lowest BCUT2D eigenvalue weighted by Gasteiger charge is -2.07. The average molecular weight is 115 g/mol. The molecule has 1 unspecified atom stereocenters. The number of nitrogens with two attached hydrogens (primary N) is 1. The van der Waals surface area contributed by atoms with Crippen LogP contribution in [0.5, 0.6) is 0 Å². The van der Waals surface area contributed by atoms with Gasteiger partial charge in [0, 0.05) is 13.2 Å². The van der Waals surface area contributed by atoms with Crippen LogP contribution in [0.15, 0.2) is 12.2 Å². The Morgan fingerprint density at radius 3 is 2.50 bits per heavy atom. The van der Waals surface area contributed by atoms with Gasteiger partial charge in [-0.2, -0.15) is 0 Å². The van der Waals surface area contributed by atoms with Crippen LogP contribution >= 0.6 is 0 Å². The molecule has 0 aliphatic rings. The summed E-state index contributed by atoms with van der Waals surface area (Å²) < 4.78 is 4.78. The minimum absolute atomic E-state index is 0.000000000000000444. The summed E-state index contributed by atoms with van der Waals surface area (Å²) in [6, 6.07) is -0.000000000000000444. The fraction of sp³-hybridized carbons (Fsp3) is 0.667. The molecule has 0 aromatic heterocycles. The van der Waals surface area contributed by atoms with Gasteiger partial charge in [0.1, 0.15) is 0 Å². The van der Waals surface area contributed by atoms with Crippen molar-refractivity contribution < 1.29 is 4.74 Å². The fourth-order valence-electron chi connectivity index (χ4n) is 0.322. The molecule has 0 fully saturated rings. The lowest BCUT2D eigenvalue weighted by atomic mass is 10.2. The number of hydrogen-bond donors (Lipinski definition) is 1. The topological polar surface area (TPSA) is 35.2 Å². The third-order valence-electron chi connectivity index (χ3n) is 0.979. The number of methoxy groups -OCH3 is 1. The van der Waals surface area contributed by atoms with Crippen molar-refractivity contribution in [1.29, 1.82) is 0 Å². The van der Waals surface area contributed by atoms with Crippen molar-refractivity contribution in [2.75, 3.05) is 13.7 Å². The van der Waals surface area contributed by atoms with E-state index in [2.05, 4.69) is 6.58 Å². The second-order valence-corrected chi connectivity index (χ2v) is 1.91. The molecule has 0 saturated heterocycles. The summed E-state index contributed by atoms with van der Waals surface area (Å²) in [4.78, 5) is 0. The smallest absolute Gasteiger partial charge is 0.0652 e. The normalized spacial score (nSPS) is 13.4. The molecule has 2 nitrogen and oxygen atoms in total. The van der Waals surface area contributed by atoms with Crippen molar-refractivity contribution in [1.82, 2.24) is 0 Å². The largest absolute Gasteiger partial charge is 0.383 e. The van der Waals surface area contributed by atoms with Gasteiger partial charge < -0.3 is 10.5 Å². The summed E-state index contributed by atoms with van der Waals surface area (Å²) in [5.74, 6) is 0. The quantitative estimate of drug-likeness (QED) is 0.545. The predicted octanol–water partition coefficient (Wildman–Crippen LogP) is 0.536. The van der Waals surface area contributed by atoms with E-state index in [1.807, 2.05) is 6.92 Å². The molecule has 0 aliphatic heterocycles. The zero-order valence-electron chi connectivity index (χ0n) is 5.48. The third-order valence-corrected chi connectivity index (χ3v) is 0.979. The molecule has 0 bridgehead atoms. The molecule has 0 aromatic rings. The van der Waals surface area contributed by atoms with Gasteiger partial charge in [-0.05, 0) is 6.92 Å². The molecule has 0 rings (SSSR count). The van der Waals surface area contributed by atoms with E-state index in [-0.39, 0.29) is 6.04 Å². The summed E-state index contributed by atoms with van der Waals surface area (Å²) in [6.45, 7) is 6.13. The van der Waals surface area contributed by atoms with Gasteiger partial charge in [0.05, 0.1) is 6.61 Å². The molecule has 0 heterocycles. The SMILES string of the molecule is C=C(C)C(N)COC. The summed E-state index contributed by atoms with van der Waals surface area (Å²) in [6.07, 6.45) is 0. The Kier molecular flexibility index (Phi) is 3.48. The third kappa shape index (κ3) is 2.77. The van der Waals surface area contributed by atoms with Crippen molar-refractivity contribution >= 4 is 0 Å². The van der Waals surface area contributed by atoms with Crippen LogP contribution in [0.1, 0.15) is 6.92 Å². The van der Waals surface area contributed by atoms with Crippen LogP contribution in [0.4, 0.5) is 0 Å². The van der Waals surface area contributed by atoms with E-state index >= 15 is 0 Å². The first-order valence-electron chi connectivity index (χ1n) is 2.58. The summed E-state index contributed by atoms with van der Waals surface area (Å²) in [5.41, 5.74) is 6.47. The van der Waals surface area contributed by atoms with Crippen LogP contribution in [0.3, 0.4) is 0 Å². The van der Waals surface area contributed by atoms with Gasteiger partial charge in [-0.25, -0.2) is 0 Å². The van der Waals surface area contributed by atoms with Gasteiger partial charge in [-0.1, -0.05) is 12.2 Å². The summed E-state index contributed by atoms with van der Waals surface area (Å²) in [7, 11) is 1.63. The second kappa shape index (κ2) is 3.64. The summed E-state index contributed by atoms with van der Waals surface area (Å²) >= 11 is 0. The second-order valence-electron chi connectivity index (χ2n) is 1.91. The first-order chi connectivity index (χ1) is 3.68. The van der Waals surface area contributed by atoms with Crippen molar-refractivity contribution in [2.24, 2.45) is 5.73 Å². The van der Waals surface area contributed by atoms with E-state index in [1.54, 1.807) is 7.11 Å². The first kappa shape index (κ1) is 7.66. The fourth-order valence-corrected chi connectivity index (χ4v) is 0.322. The molecule has 0 radical (unpaired) electrons. The minimum atomic E-state index is -0.000000000000000444. The molecular weight excluding hydrogens is 102 g/mol. The predicted molar refractivity (Wildman–Crippen MR) is 34.7 cm³/mol. The molecule has 2 N–H and O–H groups in total. The summed E-state index contributed by atoms with van der Waals surface area (Å²) in [5, 5.41) is 0. The Morgan fingerprint density at radius 2 is 2.38 bits per heavy atom. The van der Waals surface area contributed by atoms with E-state index in [1.165, 1.54) is 0 Å². The Hall–Kier alpha value is -0.340. The van der Waals surface area contributed by atoms with E-state index in [0.29, 0.717) is 6.61 Å². The van der Waals surface area contributed by atoms with Gasteiger partial charge in [0.15, 0.2) is 0 Å². The highest BCUT2D eigenvalue weighted by molar-refractivity contribution is 4.99. The Balaban J connectivity index is 3.32. The van der Waals surface area contributed by atoms with Gasteiger partial charge in [-0.3, -0.25) is 0 Å². The van der Waals surface area contributed by atoms with Crippen molar-refractivity contribution in [3.63, 3.8) is 0 Å². The maximum absolute atomic E-state index is 5.50. The highest BCUT2D eigenvalue weighted by Crippen LogP contribution is 1.92. The van der Waals surface area contributed by atoms with Crippen molar-refractivity contribution in [3.05, 3.63) is 12.2 Å². The zero-order chi connectivity index (χ0) is 6.57. The Bertz CT molecular complexity index is 80.6. The van der Waals surface area contributed by atoms with E-state index in [9.17, 15) is 0 Å². The lowest BCUT2D eigenvalue weighted by Crippen LogP contribution is -2.25. The van der Waals surface area contributed by atoms with Crippen LogP contribution < -0.4 is 5.73 Å². The van der Waals surface area contributed by atoms with Crippen LogP contribution in [-0.4, -0.2) is 19.8 Å². The number of ether oxygens (including phenoxy) is 1. The molecule has 1 atom stereocenters. The minimum Gasteiger partial charge on any atom is -0.383 e. The maximum Gasteiger partial charge on any atom is 0.0652 e. The molecule has 0 amide bonds. The first-order valence-corrected chi connectivity index (χ1v) is 2.58. The molecular formula is C6H13NO. The van der Waals surface area contributed by atoms with E-state index in [0.717, 1.165) is 5.57 Å². The van der Waals surface area contributed by atoms with Crippen LogP contribution in [-0.2, 0) is 4.74 Å². The average Bonchev–Trinajstić information content (AvgIpc) is 1.67. The van der Waals surface area contributed by atoms with Gasteiger partial charge in [0.25, 0.3) is 0 Å². The molecule has 0 aromatic carbocycles. The Labute approximate surface area is 50.3 Å². The molecule has 2 heteroatoms. The van der Waals surface area contributed by atoms with Gasteiger partial charge in [0.2, 0.25) is 0 Å². The van der Waals surface area contributed by atoms with E-state index < -0.39 is 0 Å². The zero-order valence-corrected chi connectivity index (χ0v) is 5.48. The Morgan fingerprint density at radius 1 is 1.88 bits per heavy atom. The maximum atomic E-state index is 5.50. The van der Waals surface area contributed by atoms with Gasteiger partial charge in [-0.15, -0.1) is 0 Å². The van der Waals surface area contributed by atoms with Gasteiger partial charge >= 0.3 is 0 Å². The van der Waals surface area contributed by atoms with Crippen LogP contribution in [0, 0.1) is 0 Å². The molecule has 0 saturated carbocycles. The highest BCUT2D eigenvalue weighted by atomic mass is 16.5. The molecule has 0 aliphatic carbocycles. The van der Waals surface area contributed by atoms with Crippen LogP contribution in [0.2, 0.25) is 0 Å². The van der Waals surface area contributed by atoms with Crippen molar-refractivity contribution in [3.8, 4) is 0 Å². The van der Waals surface area contributed by atoms with Crippen molar-refractivity contribution in [2.45, 2.75) is 13.0 Å². The standard InChI is InChI=1S/C6H13NO/c1-5(2)6(7)4-8-3/h6H,1,4,7H2,2-3H3. The molecule has 8 heavy (non-hydrogen) atoms. The van der Waals surface area contributed by atoms with E-state index in [4.69, 9.17) is 10.5 Å². The molecule has 48 valence electrons. The highest BCUT2D eigenvalue weighted by Gasteiger charge is 1.98. The number of hydrogen-bond acceptors (Lipinski definition) is 2. The lowest BCUT2D eigenvalue weighted by molar-refractivity contribution is 0.189. The monoisotopic (exact) mass is 115 g/mol.